The van der Waals surface area contributed by atoms with Crippen LogP contribution in [-0.4, -0.2) is 21.8 Å². The van der Waals surface area contributed by atoms with Crippen LogP contribution in [0.1, 0.15) is 11.5 Å². The van der Waals surface area contributed by atoms with Gasteiger partial charge in [-0.15, -0.1) is 11.8 Å². The molecular formula is C15H16O3S2. The van der Waals surface area contributed by atoms with Crippen LogP contribution >= 0.6 is 11.8 Å². The van der Waals surface area contributed by atoms with Crippen LogP contribution in [0.3, 0.4) is 0 Å². The van der Waals surface area contributed by atoms with Crippen molar-refractivity contribution in [1.82, 2.24) is 0 Å². The van der Waals surface area contributed by atoms with Crippen LogP contribution in [-0.2, 0) is 9.84 Å². The molecule has 3 nitrogen and oxygen atoms in total. The summed E-state index contributed by atoms with van der Waals surface area (Å²) in [6.45, 7) is 0. The second-order valence-electron chi connectivity index (χ2n) is 4.04. The number of methoxy groups -OCH3 is 1. The van der Waals surface area contributed by atoms with Gasteiger partial charge in [0.1, 0.15) is 10.3 Å². The first-order valence-corrected chi connectivity index (χ1v) is 8.66. The third kappa shape index (κ3) is 2.99. The molecule has 0 radical (unpaired) electrons. The van der Waals surface area contributed by atoms with E-state index in [1.807, 2.05) is 0 Å². The monoisotopic (exact) mass is 309 g/mol. The second kappa shape index (κ2) is 6.33. The number of rotatable bonds is 5. The molecule has 0 aliphatic carbocycles. The Balaban J connectivity index is 2.60. The van der Waals surface area contributed by atoms with Gasteiger partial charge in [0.15, 0.2) is 9.84 Å². The minimum absolute atomic E-state index is 0.136. The minimum atomic E-state index is -3.85. The van der Waals surface area contributed by atoms with Crippen molar-refractivity contribution in [1.29, 1.82) is 0 Å². The molecule has 0 aliphatic rings. The molecule has 5 heteroatoms. The fraction of sp³-hybridized carbons (Fsp3) is 0.200. The number of hydrogen-bond donors (Lipinski definition) is 0. The van der Waals surface area contributed by atoms with E-state index in [0.717, 1.165) is 11.8 Å². The van der Waals surface area contributed by atoms with Gasteiger partial charge in [-0.25, -0.2) is 8.42 Å². The van der Waals surface area contributed by atoms with E-state index in [2.05, 4.69) is 0 Å². The van der Waals surface area contributed by atoms with Gasteiger partial charge in [0.25, 0.3) is 0 Å². The molecule has 1 atom stereocenters. The highest BCUT2D eigenvalue weighted by Crippen LogP contribution is 2.37. The van der Waals surface area contributed by atoms with Gasteiger partial charge < -0.3 is 4.74 Å². The molecule has 106 valence electrons. The van der Waals surface area contributed by atoms with Crippen molar-refractivity contribution in [3.05, 3.63) is 60.2 Å². The summed E-state index contributed by atoms with van der Waals surface area (Å²) in [5.74, 6) is 0.529. The smallest absolute Gasteiger partial charge is 0.194 e. The molecule has 0 aliphatic heterocycles. The van der Waals surface area contributed by atoms with E-state index in [1.54, 1.807) is 48.7 Å². The summed E-state index contributed by atoms with van der Waals surface area (Å²) in [5.41, 5.74) is 0.373. The van der Waals surface area contributed by atoms with Gasteiger partial charge in [-0.3, -0.25) is 0 Å². The number of ether oxygens (including phenoxy) is 1. The summed E-state index contributed by atoms with van der Waals surface area (Å²) in [5, 5.41) is 0. The first-order chi connectivity index (χ1) is 9.95. The number of thioether (sulfide) groups is 1. The van der Waals surface area contributed by atoms with Crippen LogP contribution in [0.5, 0.6) is 5.75 Å². The van der Waals surface area contributed by atoms with Crippen molar-refractivity contribution in [2.75, 3.05) is 13.4 Å². The molecule has 0 bridgehead atoms. The zero-order valence-corrected chi connectivity index (χ0v) is 12.9. The van der Waals surface area contributed by atoms with Crippen molar-refractivity contribution >= 4 is 21.6 Å². The van der Waals surface area contributed by atoms with E-state index >= 15 is 0 Å². The van der Waals surface area contributed by atoms with Crippen molar-refractivity contribution in [3.63, 3.8) is 0 Å². The van der Waals surface area contributed by atoms with E-state index in [-0.39, 0.29) is 4.90 Å². The fourth-order valence-corrected chi connectivity index (χ4v) is 4.54. The molecule has 0 aromatic heterocycles. The van der Waals surface area contributed by atoms with Crippen LogP contribution in [0.2, 0.25) is 0 Å². The van der Waals surface area contributed by atoms with Gasteiger partial charge in [-0.2, -0.15) is 0 Å². The standard InChI is InChI=1S/C15H16O3S2/c1-18-13-8-6-7-12(11-13)15(19-2)20(16,17)14-9-4-3-5-10-14/h3-11,15H,1-2H3/i15D. The Morgan fingerprint density at radius 2 is 1.85 bits per heavy atom. The number of benzene rings is 2. The van der Waals surface area contributed by atoms with Gasteiger partial charge in [-0.1, -0.05) is 30.3 Å². The molecule has 0 spiro atoms. The van der Waals surface area contributed by atoms with Gasteiger partial charge in [-0.05, 0) is 36.1 Å². The number of hydrogen-bond acceptors (Lipinski definition) is 4. The van der Waals surface area contributed by atoms with E-state index in [9.17, 15) is 8.42 Å². The Kier molecular flexibility index (Phi) is 4.28. The molecular weight excluding hydrogens is 292 g/mol. The SMILES string of the molecule is [2H]C(SC)(c1cccc(OC)c1)S(=O)(=O)c1ccccc1. The first-order valence-electron chi connectivity index (χ1n) is 6.45. The van der Waals surface area contributed by atoms with Crippen molar-refractivity contribution in [2.24, 2.45) is 0 Å². The van der Waals surface area contributed by atoms with Crippen LogP contribution in [0.25, 0.3) is 0 Å². The largest absolute Gasteiger partial charge is 0.497 e. The van der Waals surface area contributed by atoms with E-state index in [1.165, 1.54) is 19.2 Å². The summed E-state index contributed by atoms with van der Waals surface area (Å²) >= 11 is 0.969. The Morgan fingerprint density at radius 1 is 1.15 bits per heavy atom. The normalized spacial score (nSPS) is 15.2. The lowest BCUT2D eigenvalue weighted by molar-refractivity contribution is 0.414. The van der Waals surface area contributed by atoms with Crippen LogP contribution < -0.4 is 4.74 Å². The minimum Gasteiger partial charge on any atom is -0.497 e. The Bertz CT molecular complexity index is 717. The first kappa shape index (κ1) is 13.5. The lowest BCUT2D eigenvalue weighted by Gasteiger charge is -2.16. The lowest BCUT2D eigenvalue weighted by atomic mass is 10.2. The Hall–Kier alpha value is -1.46. The maximum atomic E-state index is 12.8. The summed E-state index contributed by atoms with van der Waals surface area (Å²) in [7, 11) is -2.35. The molecule has 2 rings (SSSR count). The quantitative estimate of drug-likeness (QED) is 0.847. The van der Waals surface area contributed by atoms with E-state index < -0.39 is 14.4 Å². The summed E-state index contributed by atoms with van der Waals surface area (Å²) in [4.78, 5) is 0.136. The average molecular weight is 309 g/mol. The molecule has 0 fully saturated rings. The maximum absolute atomic E-state index is 12.8. The van der Waals surface area contributed by atoms with Gasteiger partial charge >= 0.3 is 0 Å². The van der Waals surface area contributed by atoms with Crippen LogP contribution in [0, 0.1) is 0 Å². The second-order valence-corrected chi connectivity index (χ2v) is 7.00. The molecule has 20 heavy (non-hydrogen) atoms. The summed E-state index contributed by atoms with van der Waals surface area (Å²) < 4.78 is 37.5. The molecule has 0 saturated heterocycles. The molecule has 0 N–H and O–H groups in total. The van der Waals surface area contributed by atoms with E-state index in [0.29, 0.717) is 11.3 Å². The van der Waals surface area contributed by atoms with Gasteiger partial charge in [0.05, 0.1) is 13.4 Å². The Morgan fingerprint density at radius 3 is 2.45 bits per heavy atom. The highest BCUT2D eigenvalue weighted by atomic mass is 32.3. The van der Waals surface area contributed by atoms with E-state index in [4.69, 9.17) is 6.11 Å². The van der Waals surface area contributed by atoms with Crippen LogP contribution in [0.15, 0.2) is 59.5 Å². The Labute approximate surface area is 125 Å². The third-order valence-corrected chi connectivity index (χ3v) is 6.17. The molecule has 2 aromatic carbocycles. The topological polar surface area (TPSA) is 43.4 Å². The number of sulfone groups is 1. The molecule has 0 amide bonds. The third-order valence-electron chi connectivity index (χ3n) is 2.79. The summed E-state index contributed by atoms with van der Waals surface area (Å²) in [6, 6.07) is 14.7. The van der Waals surface area contributed by atoms with Gasteiger partial charge in [0.2, 0.25) is 0 Å². The van der Waals surface area contributed by atoms with Crippen LogP contribution in [0.4, 0.5) is 0 Å². The predicted octanol–water partition coefficient (Wildman–Crippen LogP) is 3.53. The van der Waals surface area contributed by atoms with Gasteiger partial charge in [0, 0.05) is 0 Å². The van der Waals surface area contributed by atoms with Crippen molar-refractivity contribution in [2.45, 2.75) is 9.45 Å². The molecule has 2 aromatic rings. The zero-order valence-electron chi connectivity index (χ0n) is 12.2. The molecule has 0 saturated carbocycles. The highest BCUT2D eigenvalue weighted by molar-refractivity contribution is 8.12. The highest BCUT2D eigenvalue weighted by Gasteiger charge is 2.28. The average Bonchev–Trinajstić information content (AvgIpc) is 2.54. The van der Waals surface area contributed by atoms with Crippen molar-refractivity contribution < 1.29 is 14.5 Å². The lowest BCUT2D eigenvalue weighted by Crippen LogP contribution is -2.10. The zero-order chi connectivity index (χ0) is 15.5. The fourth-order valence-electron chi connectivity index (χ4n) is 1.84. The predicted molar refractivity (Wildman–Crippen MR) is 82.9 cm³/mol. The van der Waals surface area contributed by atoms with Crippen molar-refractivity contribution in [3.8, 4) is 5.75 Å². The molecule has 1 unspecified atom stereocenters. The maximum Gasteiger partial charge on any atom is 0.194 e. The molecule has 0 heterocycles. The summed E-state index contributed by atoms with van der Waals surface area (Å²) in [6.07, 6.45) is 1.62.